The van der Waals surface area contributed by atoms with Gasteiger partial charge >= 0.3 is 5.97 Å². The van der Waals surface area contributed by atoms with E-state index in [1.807, 2.05) is 6.92 Å². The number of rotatable bonds is 3. The van der Waals surface area contributed by atoms with E-state index in [0.29, 0.717) is 21.7 Å². The van der Waals surface area contributed by atoms with Gasteiger partial charge in [0.2, 0.25) is 5.13 Å². The molecule has 2 rings (SSSR count). The number of ether oxygens (including phenoxy) is 1. The highest BCUT2D eigenvalue weighted by Gasteiger charge is 2.17. The Hall–Kier alpha value is -1.80. The van der Waals surface area contributed by atoms with Crippen LogP contribution >= 0.6 is 11.3 Å². The number of carbonyl (C=O) groups excluding carboxylic acids is 1. The molecule has 0 aliphatic heterocycles. The van der Waals surface area contributed by atoms with E-state index in [-0.39, 0.29) is 6.04 Å². The van der Waals surface area contributed by atoms with Gasteiger partial charge in [-0.05, 0) is 13.8 Å². The standard InChI is InChI=1S/C10H13N5O2S/c1-5(11)8-13-6(2)14-15(8)10-12-4-7(18-10)9(16)17-3/h4-5H,11H2,1-3H3/t5-/m0/s1. The zero-order valence-corrected chi connectivity index (χ0v) is 11.1. The summed E-state index contributed by atoms with van der Waals surface area (Å²) in [5.74, 6) is 0.799. The molecule has 8 heteroatoms. The summed E-state index contributed by atoms with van der Waals surface area (Å²) in [5, 5.41) is 4.77. The van der Waals surface area contributed by atoms with Gasteiger partial charge in [0.25, 0.3) is 0 Å². The van der Waals surface area contributed by atoms with Crippen LogP contribution in [0.4, 0.5) is 0 Å². The Balaban J connectivity index is 2.42. The highest BCUT2D eigenvalue weighted by molar-refractivity contribution is 7.15. The van der Waals surface area contributed by atoms with Crippen LogP contribution in [-0.4, -0.2) is 32.8 Å². The summed E-state index contributed by atoms with van der Waals surface area (Å²) < 4.78 is 6.18. The lowest BCUT2D eigenvalue weighted by Crippen LogP contribution is -2.13. The van der Waals surface area contributed by atoms with E-state index >= 15 is 0 Å². The predicted molar refractivity (Wildman–Crippen MR) is 65.7 cm³/mol. The van der Waals surface area contributed by atoms with Gasteiger partial charge in [-0.1, -0.05) is 11.3 Å². The summed E-state index contributed by atoms with van der Waals surface area (Å²) in [6.45, 7) is 3.59. The lowest BCUT2D eigenvalue weighted by Gasteiger charge is -2.04. The Kier molecular flexibility index (Phi) is 3.39. The van der Waals surface area contributed by atoms with Gasteiger partial charge in [-0.25, -0.2) is 14.8 Å². The number of aryl methyl sites for hydroxylation is 1. The van der Waals surface area contributed by atoms with Crippen molar-refractivity contribution in [3.63, 3.8) is 0 Å². The molecule has 0 amide bonds. The summed E-state index contributed by atoms with van der Waals surface area (Å²) in [6.07, 6.45) is 1.45. The lowest BCUT2D eigenvalue weighted by atomic mass is 10.3. The Morgan fingerprint density at radius 1 is 1.61 bits per heavy atom. The molecule has 0 spiro atoms. The molecule has 18 heavy (non-hydrogen) atoms. The third kappa shape index (κ3) is 2.24. The second-order valence-electron chi connectivity index (χ2n) is 3.72. The van der Waals surface area contributed by atoms with Crippen molar-refractivity contribution < 1.29 is 9.53 Å². The first kappa shape index (κ1) is 12.7. The fourth-order valence-corrected chi connectivity index (χ4v) is 2.22. The molecule has 0 radical (unpaired) electrons. The molecule has 0 aliphatic carbocycles. The van der Waals surface area contributed by atoms with E-state index in [1.54, 1.807) is 11.6 Å². The third-order valence-corrected chi connectivity index (χ3v) is 3.16. The highest BCUT2D eigenvalue weighted by atomic mass is 32.1. The first-order valence-electron chi connectivity index (χ1n) is 5.26. The fraction of sp³-hybridized carbons (Fsp3) is 0.400. The van der Waals surface area contributed by atoms with Gasteiger partial charge in [0.15, 0.2) is 5.82 Å². The van der Waals surface area contributed by atoms with Gasteiger partial charge < -0.3 is 10.5 Å². The Labute approximate surface area is 108 Å². The van der Waals surface area contributed by atoms with E-state index in [0.717, 1.165) is 0 Å². The van der Waals surface area contributed by atoms with Crippen LogP contribution < -0.4 is 5.73 Å². The highest BCUT2D eigenvalue weighted by Crippen LogP contribution is 2.20. The van der Waals surface area contributed by atoms with E-state index in [2.05, 4.69) is 19.8 Å². The molecule has 7 nitrogen and oxygen atoms in total. The molecular formula is C10H13N5O2S. The molecule has 0 aromatic carbocycles. The van der Waals surface area contributed by atoms with Gasteiger partial charge in [0.1, 0.15) is 10.7 Å². The SMILES string of the molecule is COC(=O)c1cnc(-n2nc(C)nc2[C@H](C)N)s1. The zero-order valence-electron chi connectivity index (χ0n) is 10.2. The number of methoxy groups -OCH3 is 1. The van der Waals surface area contributed by atoms with Gasteiger partial charge in [-0.15, -0.1) is 5.10 Å². The summed E-state index contributed by atoms with van der Waals surface area (Å²) >= 11 is 1.18. The van der Waals surface area contributed by atoms with E-state index < -0.39 is 5.97 Å². The number of nitrogens with zero attached hydrogens (tertiary/aromatic N) is 4. The molecule has 0 bridgehead atoms. The molecule has 0 unspecified atom stereocenters. The number of thiazole rings is 1. The molecule has 2 aromatic rings. The van der Waals surface area contributed by atoms with Crippen LogP contribution in [0.15, 0.2) is 6.20 Å². The average Bonchev–Trinajstić information content (AvgIpc) is 2.93. The number of hydrogen-bond donors (Lipinski definition) is 1. The van der Waals surface area contributed by atoms with Crippen LogP contribution in [0.25, 0.3) is 5.13 Å². The Bertz CT molecular complexity index is 575. The minimum absolute atomic E-state index is 0.267. The van der Waals surface area contributed by atoms with Crippen molar-refractivity contribution in [2.75, 3.05) is 7.11 Å². The molecule has 0 fully saturated rings. The summed E-state index contributed by atoms with van der Waals surface area (Å²) in [5.41, 5.74) is 5.82. The van der Waals surface area contributed by atoms with Crippen molar-refractivity contribution in [1.82, 2.24) is 19.7 Å². The third-order valence-electron chi connectivity index (χ3n) is 2.21. The topological polar surface area (TPSA) is 95.9 Å². The summed E-state index contributed by atoms with van der Waals surface area (Å²) in [6, 6.07) is -0.267. The van der Waals surface area contributed by atoms with Gasteiger partial charge in [-0.2, -0.15) is 4.68 Å². The van der Waals surface area contributed by atoms with E-state index in [1.165, 1.54) is 24.6 Å². The molecule has 0 saturated carbocycles. The molecule has 2 aromatic heterocycles. The maximum atomic E-state index is 11.4. The molecule has 1 atom stereocenters. The lowest BCUT2D eigenvalue weighted by molar-refractivity contribution is 0.0606. The molecule has 2 heterocycles. The van der Waals surface area contributed by atoms with Gasteiger partial charge in [0.05, 0.1) is 19.3 Å². The monoisotopic (exact) mass is 267 g/mol. The molecule has 96 valence electrons. The van der Waals surface area contributed by atoms with Crippen LogP contribution in [0.1, 0.15) is 34.3 Å². The van der Waals surface area contributed by atoms with Crippen molar-refractivity contribution in [3.8, 4) is 5.13 Å². The van der Waals surface area contributed by atoms with Crippen molar-refractivity contribution in [1.29, 1.82) is 0 Å². The van der Waals surface area contributed by atoms with E-state index in [4.69, 9.17) is 5.73 Å². The largest absolute Gasteiger partial charge is 0.465 e. The minimum Gasteiger partial charge on any atom is -0.465 e. The fourth-order valence-electron chi connectivity index (χ4n) is 1.42. The smallest absolute Gasteiger partial charge is 0.349 e. The molecule has 2 N–H and O–H groups in total. The quantitative estimate of drug-likeness (QED) is 0.828. The summed E-state index contributed by atoms with van der Waals surface area (Å²) in [4.78, 5) is 20.1. The minimum atomic E-state index is -0.419. The van der Waals surface area contributed by atoms with Crippen LogP contribution in [0.3, 0.4) is 0 Å². The molecule has 0 aliphatic rings. The van der Waals surface area contributed by atoms with Gasteiger partial charge in [0, 0.05) is 0 Å². The number of aromatic nitrogens is 4. The predicted octanol–water partition coefficient (Wildman–Crippen LogP) is 0.839. The van der Waals surface area contributed by atoms with Crippen LogP contribution in [-0.2, 0) is 4.74 Å². The van der Waals surface area contributed by atoms with Crippen LogP contribution in [0.2, 0.25) is 0 Å². The number of carbonyl (C=O) groups is 1. The zero-order chi connectivity index (χ0) is 13.3. The van der Waals surface area contributed by atoms with Crippen LogP contribution in [0, 0.1) is 6.92 Å². The van der Waals surface area contributed by atoms with Crippen LogP contribution in [0.5, 0.6) is 0 Å². The number of hydrogen-bond acceptors (Lipinski definition) is 7. The van der Waals surface area contributed by atoms with Crippen molar-refractivity contribution in [2.45, 2.75) is 19.9 Å². The first-order valence-corrected chi connectivity index (χ1v) is 6.08. The maximum Gasteiger partial charge on any atom is 0.349 e. The molecular weight excluding hydrogens is 254 g/mol. The number of esters is 1. The van der Waals surface area contributed by atoms with Crippen molar-refractivity contribution >= 4 is 17.3 Å². The maximum absolute atomic E-state index is 11.4. The Morgan fingerprint density at radius 3 is 2.94 bits per heavy atom. The number of nitrogens with two attached hydrogens (primary N) is 1. The second kappa shape index (κ2) is 4.83. The first-order chi connectivity index (χ1) is 8.52. The van der Waals surface area contributed by atoms with Gasteiger partial charge in [-0.3, -0.25) is 0 Å². The average molecular weight is 267 g/mol. The Morgan fingerprint density at radius 2 is 2.33 bits per heavy atom. The second-order valence-corrected chi connectivity index (χ2v) is 4.73. The van der Waals surface area contributed by atoms with Crippen molar-refractivity contribution in [3.05, 3.63) is 22.7 Å². The van der Waals surface area contributed by atoms with E-state index in [9.17, 15) is 4.79 Å². The normalized spacial score (nSPS) is 12.4. The summed E-state index contributed by atoms with van der Waals surface area (Å²) in [7, 11) is 1.33. The molecule has 0 saturated heterocycles. The van der Waals surface area contributed by atoms with Crippen molar-refractivity contribution in [2.24, 2.45) is 5.73 Å².